The van der Waals surface area contributed by atoms with Gasteiger partial charge in [0.1, 0.15) is 11.4 Å². The van der Waals surface area contributed by atoms with Crippen molar-refractivity contribution in [1.82, 2.24) is 14.8 Å². The second-order valence-electron chi connectivity index (χ2n) is 7.83. The van der Waals surface area contributed by atoms with Gasteiger partial charge in [0.05, 0.1) is 12.1 Å². The van der Waals surface area contributed by atoms with Crippen LogP contribution in [0.4, 0.5) is 13.2 Å². The molecule has 2 atom stereocenters. The minimum Gasteiger partial charge on any atom is -0.480 e. The summed E-state index contributed by atoms with van der Waals surface area (Å²) in [5.41, 5.74) is 2.37. The number of piperidine rings is 1. The van der Waals surface area contributed by atoms with E-state index in [0.29, 0.717) is 42.7 Å². The number of aliphatic carboxylic acids is 1. The number of hydrogen-bond acceptors (Lipinski definition) is 6. The Labute approximate surface area is 180 Å². The van der Waals surface area contributed by atoms with Crippen LogP contribution >= 0.6 is 11.3 Å². The number of aromatic nitrogens is 1. The molecule has 2 fully saturated rings. The number of rotatable bonds is 8. The molecule has 1 aromatic heterocycles. The molecule has 0 bridgehead atoms. The normalized spacial score (nSPS) is 22.7. The minimum absolute atomic E-state index is 0.00713. The fourth-order valence-electron chi connectivity index (χ4n) is 4.34. The Bertz CT molecular complexity index is 941. The van der Waals surface area contributed by atoms with E-state index in [0.717, 1.165) is 0 Å². The van der Waals surface area contributed by atoms with E-state index in [1.807, 2.05) is 4.90 Å². The quantitative estimate of drug-likeness (QED) is 0.659. The molecule has 31 heavy (non-hydrogen) atoms. The average molecular weight is 455 g/mol. The zero-order chi connectivity index (χ0) is 22.2. The monoisotopic (exact) mass is 455 g/mol. The van der Waals surface area contributed by atoms with Gasteiger partial charge >= 0.3 is 12.3 Å². The van der Waals surface area contributed by atoms with E-state index in [-0.39, 0.29) is 30.7 Å². The molecule has 166 valence electrons. The van der Waals surface area contributed by atoms with Gasteiger partial charge in [0.15, 0.2) is 0 Å². The first kappa shape index (κ1) is 21.6. The highest BCUT2D eigenvalue weighted by atomic mass is 32.1. The third kappa shape index (κ3) is 5.34. The van der Waals surface area contributed by atoms with Crippen molar-refractivity contribution in [2.24, 2.45) is 17.8 Å². The molecule has 1 aromatic carbocycles. The largest absolute Gasteiger partial charge is 0.573 e. The van der Waals surface area contributed by atoms with Crippen molar-refractivity contribution in [3.63, 3.8) is 0 Å². The lowest BCUT2D eigenvalue weighted by Crippen LogP contribution is -2.36. The number of fused-ring (bicyclic) bond motifs is 1. The lowest BCUT2D eigenvalue weighted by Gasteiger charge is -2.25. The molecule has 0 radical (unpaired) electrons. The first-order chi connectivity index (χ1) is 14.7. The number of benzene rings is 1. The van der Waals surface area contributed by atoms with Crippen LogP contribution in [0.25, 0.3) is 0 Å². The highest BCUT2D eigenvalue weighted by Gasteiger charge is 2.56. The van der Waals surface area contributed by atoms with Gasteiger partial charge < -0.3 is 14.7 Å². The van der Waals surface area contributed by atoms with Gasteiger partial charge in [-0.1, -0.05) is 12.1 Å². The number of amides is 1. The summed E-state index contributed by atoms with van der Waals surface area (Å²) < 4.78 is 41.6. The number of thiazole rings is 1. The molecule has 1 aliphatic heterocycles. The number of alkyl halides is 3. The SMILES string of the molecule is O=C(O)CN1CC2C(C1)C2CN(Cc1cccc(OC(F)(F)F)c1)C(=O)c1cscn1. The minimum atomic E-state index is -4.79. The van der Waals surface area contributed by atoms with E-state index >= 15 is 0 Å². The third-order valence-electron chi connectivity index (χ3n) is 5.68. The number of ether oxygens (including phenoxy) is 1. The van der Waals surface area contributed by atoms with Crippen LogP contribution in [0, 0.1) is 17.8 Å². The van der Waals surface area contributed by atoms with Crippen molar-refractivity contribution >= 4 is 23.2 Å². The molecule has 2 unspecified atom stereocenters. The van der Waals surface area contributed by atoms with Crippen LogP contribution in [-0.4, -0.2) is 64.3 Å². The maximum atomic E-state index is 13.0. The predicted octanol–water partition coefficient (Wildman–Crippen LogP) is 2.95. The smallest absolute Gasteiger partial charge is 0.480 e. The molecule has 11 heteroatoms. The lowest BCUT2D eigenvalue weighted by atomic mass is 10.1. The molecule has 2 aliphatic rings. The van der Waals surface area contributed by atoms with Gasteiger partial charge in [-0.15, -0.1) is 24.5 Å². The highest BCUT2D eigenvalue weighted by Crippen LogP contribution is 2.52. The summed E-state index contributed by atoms with van der Waals surface area (Å²) in [5.74, 6) is -0.592. The topological polar surface area (TPSA) is 83.0 Å². The van der Waals surface area contributed by atoms with Crippen molar-refractivity contribution in [3.8, 4) is 5.75 Å². The van der Waals surface area contributed by atoms with Gasteiger partial charge in [0.25, 0.3) is 5.91 Å². The van der Waals surface area contributed by atoms with Crippen LogP contribution in [0.5, 0.6) is 5.75 Å². The zero-order valence-electron chi connectivity index (χ0n) is 16.3. The van der Waals surface area contributed by atoms with Gasteiger partial charge in [-0.05, 0) is 35.4 Å². The van der Waals surface area contributed by atoms with Crippen molar-refractivity contribution in [1.29, 1.82) is 0 Å². The fourth-order valence-corrected chi connectivity index (χ4v) is 4.87. The lowest BCUT2D eigenvalue weighted by molar-refractivity contribution is -0.274. The summed E-state index contributed by atoms with van der Waals surface area (Å²) in [6.45, 7) is 1.93. The van der Waals surface area contributed by atoms with Crippen molar-refractivity contribution in [3.05, 3.63) is 46.4 Å². The summed E-state index contributed by atoms with van der Waals surface area (Å²) >= 11 is 1.29. The standard InChI is InChI=1S/C20H20F3N3O4S/c21-20(22,23)30-13-3-1-2-12(4-13)5-26(19(29)17-10-31-11-24-17)8-16-14-6-25(7-15(14)16)9-18(27)28/h1-4,10-11,14-16H,5-9H2,(H,27,28). The predicted molar refractivity (Wildman–Crippen MR) is 105 cm³/mol. The number of likely N-dealkylation sites (tertiary alicyclic amines) is 1. The van der Waals surface area contributed by atoms with Crippen LogP contribution < -0.4 is 4.74 Å². The summed E-state index contributed by atoms with van der Waals surface area (Å²) in [6, 6.07) is 5.59. The molecule has 1 saturated carbocycles. The van der Waals surface area contributed by atoms with Crippen LogP contribution in [0.2, 0.25) is 0 Å². The van der Waals surface area contributed by atoms with E-state index in [9.17, 15) is 22.8 Å². The van der Waals surface area contributed by atoms with E-state index < -0.39 is 12.3 Å². The van der Waals surface area contributed by atoms with E-state index in [1.165, 1.54) is 29.5 Å². The fraction of sp³-hybridized carbons (Fsp3) is 0.450. The Morgan fingerprint density at radius 2 is 2.03 bits per heavy atom. The summed E-state index contributed by atoms with van der Waals surface area (Å²) in [4.78, 5) is 31.4. The number of carbonyl (C=O) groups excluding carboxylic acids is 1. The summed E-state index contributed by atoms with van der Waals surface area (Å²) in [6.07, 6.45) is -4.79. The maximum Gasteiger partial charge on any atom is 0.573 e. The van der Waals surface area contributed by atoms with E-state index in [2.05, 4.69) is 9.72 Å². The van der Waals surface area contributed by atoms with Crippen LogP contribution in [-0.2, 0) is 11.3 Å². The number of carboxylic acid groups (broad SMARTS) is 1. The summed E-state index contributed by atoms with van der Waals surface area (Å²) in [7, 11) is 0. The molecule has 7 nitrogen and oxygen atoms in total. The third-order valence-corrected chi connectivity index (χ3v) is 6.27. The second-order valence-corrected chi connectivity index (χ2v) is 8.55. The molecule has 1 saturated heterocycles. The van der Waals surface area contributed by atoms with Gasteiger partial charge in [-0.2, -0.15) is 0 Å². The first-order valence-electron chi connectivity index (χ1n) is 9.66. The van der Waals surface area contributed by atoms with E-state index in [4.69, 9.17) is 5.11 Å². The van der Waals surface area contributed by atoms with Gasteiger partial charge in [0, 0.05) is 31.6 Å². The number of nitrogens with zero attached hydrogens (tertiary/aromatic N) is 3. The molecule has 1 N–H and O–H groups in total. The first-order valence-corrected chi connectivity index (χ1v) is 10.6. The molecular weight excluding hydrogens is 435 g/mol. The zero-order valence-corrected chi connectivity index (χ0v) is 17.1. The molecule has 1 aliphatic carbocycles. The van der Waals surface area contributed by atoms with Crippen LogP contribution in [0.3, 0.4) is 0 Å². The number of carbonyl (C=O) groups is 2. The van der Waals surface area contributed by atoms with E-state index in [1.54, 1.807) is 21.9 Å². The Hall–Kier alpha value is -2.66. The Morgan fingerprint density at radius 1 is 1.29 bits per heavy atom. The van der Waals surface area contributed by atoms with Crippen molar-refractivity contribution in [2.45, 2.75) is 12.9 Å². The molecule has 2 aromatic rings. The molecule has 0 spiro atoms. The molecule has 4 rings (SSSR count). The Morgan fingerprint density at radius 3 is 2.65 bits per heavy atom. The molecule has 2 heterocycles. The van der Waals surface area contributed by atoms with Crippen molar-refractivity contribution < 1.29 is 32.6 Å². The maximum absolute atomic E-state index is 13.0. The average Bonchev–Trinajstić information content (AvgIpc) is 3.09. The molecular formula is C20H20F3N3O4S. The second kappa shape index (κ2) is 8.46. The number of hydrogen-bond donors (Lipinski definition) is 1. The van der Waals surface area contributed by atoms with Crippen LogP contribution in [0.15, 0.2) is 35.2 Å². The number of halogens is 3. The van der Waals surface area contributed by atoms with Crippen molar-refractivity contribution in [2.75, 3.05) is 26.2 Å². The highest BCUT2D eigenvalue weighted by molar-refractivity contribution is 7.07. The Balaban J connectivity index is 1.45. The molecule has 1 amide bonds. The van der Waals surface area contributed by atoms with Gasteiger partial charge in [0.2, 0.25) is 0 Å². The van der Waals surface area contributed by atoms with Crippen LogP contribution in [0.1, 0.15) is 16.1 Å². The summed E-state index contributed by atoms with van der Waals surface area (Å²) in [5, 5.41) is 10.6. The Kier molecular flexibility index (Phi) is 5.89. The van der Waals surface area contributed by atoms with Gasteiger partial charge in [-0.25, -0.2) is 4.98 Å². The number of carboxylic acids is 1. The van der Waals surface area contributed by atoms with Gasteiger partial charge in [-0.3, -0.25) is 14.5 Å².